The molecule has 3 nitrogen and oxygen atoms in total. The molecule has 0 fully saturated rings. The molecule has 1 rings (SSSR count). The maximum Gasteiger partial charge on any atom is 0.176 e. The number of aliphatic imine (C=N–C) groups is 1. The third-order valence-electron chi connectivity index (χ3n) is 2.78. The highest BCUT2D eigenvalue weighted by Gasteiger charge is 2.21. The van der Waals surface area contributed by atoms with Gasteiger partial charge in [0.1, 0.15) is 5.82 Å². The van der Waals surface area contributed by atoms with Crippen molar-refractivity contribution in [3.05, 3.63) is 35.3 Å². The highest BCUT2D eigenvalue weighted by Crippen LogP contribution is 2.23. The summed E-state index contributed by atoms with van der Waals surface area (Å²) in [6.45, 7) is 11.6. The maximum absolute atomic E-state index is 11.6. The molecule has 0 radical (unpaired) electrons. The van der Waals surface area contributed by atoms with Crippen LogP contribution in [0, 0.1) is 0 Å². The van der Waals surface area contributed by atoms with Gasteiger partial charge in [0.2, 0.25) is 0 Å². The minimum absolute atomic E-state index is 0.0440. The fourth-order valence-electron chi connectivity index (χ4n) is 1.71. The number of carbonyl (C=O) groups is 1. The summed E-state index contributed by atoms with van der Waals surface area (Å²) in [6.07, 6.45) is 2.65. The van der Waals surface area contributed by atoms with E-state index in [1.54, 1.807) is 6.92 Å². The van der Waals surface area contributed by atoms with Crippen LogP contribution in [0.5, 0.6) is 0 Å². The predicted octanol–water partition coefficient (Wildman–Crippen LogP) is 3.06. The average molecular weight is 232 g/mol. The molecule has 3 heteroatoms. The summed E-state index contributed by atoms with van der Waals surface area (Å²) in [5.41, 5.74) is 3.52. The Balaban J connectivity index is 3.32. The molecule has 1 heterocycles. The van der Waals surface area contributed by atoms with Crippen molar-refractivity contribution in [2.45, 2.75) is 34.1 Å². The Morgan fingerprint density at radius 1 is 1.41 bits per heavy atom. The van der Waals surface area contributed by atoms with Crippen molar-refractivity contribution in [3.8, 4) is 0 Å². The monoisotopic (exact) mass is 232 g/mol. The molecule has 0 saturated heterocycles. The number of hydrogen-bond donors (Lipinski definition) is 0. The zero-order valence-corrected chi connectivity index (χ0v) is 11.3. The highest BCUT2D eigenvalue weighted by molar-refractivity contribution is 6.13. The van der Waals surface area contributed by atoms with Crippen LogP contribution in [0.2, 0.25) is 0 Å². The predicted molar refractivity (Wildman–Crippen MR) is 71.8 cm³/mol. The number of ketones is 1. The van der Waals surface area contributed by atoms with E-state index < -0.39 is 0 Å². The van der Waals surface area contributed by atoms with Gasteiger partial charge in [-0.05, 0) is 37.5 Å². The Bertz CT molecular complexity index is 449. The van der Waals surface area contributed by atoms with Crippen LogP contribution in [0.15, 0.2) is 40.3 Å². The van der Waals surface area contributed by atoms with Crippen molar-refractivity contribution in [1.82, 2.24) is 4.90 Å². The Labute approximate surface area is 103 Å². The second kappa shape index (κ2) is 5.13. The molecule has 0 aromatic carbocycles. The summed E-state index contributed by atoms with van der Waals surface area (Å²) >= 11 is 0. The normalized spacial score (nSPS) is 15.4. The maximum atomic E-state index is 11.6. The fraction of sp³-hybridized carbons (Fsp3) is 0.429. The first-order chi connectivity index (χ1) is 7.88. The van der Waals surface area contributed by atoms with Gasteiger partial charge in [-0.15, -0.1) is 0 Å². The average Bonchev–Trinajstić information content (AvgIpc) is 2.27. The number of allylic oxidation sites excluding steroid dienone is 4. The Hall–Kier alpha value is -1.64. The van der Waals surface area contributed by atoms with Gasteiger partial charge < -0.3 is 4.90 Å². The van der Waals surface area contributed by atoms with E-state index in [9.17, 15) is 4.79 Å². The van der Waals surface area contributed by atoms with Gasteiger partial charge in [-0.25, -0.2) is 4.99 Å². The molecule has 0 unspecified atom stereocenters. The van der Waals surface area contributed by atoms with E-state index in [4.69, 9.17) is 0 Å². The van der Waals surface area contributed by atoms with Crippen LogP contribution in [0.3, 0.4) is 0 Å². The molecule has 17 heavy (non-hydrogen) atoms. The van der Waals surface area contributed by atoms with Gasteiger partial charge in [-0.1, -0.05) is 13.5 Å². The third kappa shape index (κ3) is 2.73. The number of Topliss-reactive ketones (excluding diaryl/α,β-unsaturated/α-hetero) is 1. The molecule has 1 aliphatic rings. The lowest BCUT2D eigenvalue weighted by molar-refractivity contribution is -0.114. The molecule has 0 aromatic heterocycles. The number of nitrogens with zero attached hydrogens (tertiary/aromatic N) is 2. The van der Waals surface area contributed by atoms with E-state index in [0.717, 1.165) is 29.1 Å². The van der Waals surface area contributed by atoms with Gasteiger partial charge in [-0.3, -0.25) is 4.79 Å². The zero-order valence-electron chi connectivity index (χ0n) is 11.3. The van der Waals surface area contributed by atoms with Crippen molar-refractivity contribution in [1.29, 1.82) is 0 Å². The lowest BCUT2D eigenvalue weighted by Gasteiger charge is -2.27. The van der Waals surface area contributed by atoms with Gasteiger partial charge in [0.25, 0.3) is 0 Å². The molecular weight excluding hydrogens is 212 g/mol. The first-order valence-electron chi connectivity index (χ1n) is 5.79. The van der Waals surface area contributed by atoms with Gasteiger partial charge in [-0.2, -0.15) is 0 Å². The minimum atomic E-state index is 0.0440. The summed E-state index contributed by atoms with van der Waals surface area (Å²) in [6, 6.07) is 0. The topological polar surface area (TPSA) is 32.7 Å². The van der Waals surface area contributed by atoms with Gasteiger partial charge >= 0.3 is 0 Å². The molecule has 0 spiro atoms. The zero-order chi connectivity index (χ0) is 13.2. The van der Waals surface area contributed by atoms with E-state index in [0.29, 0.717) is 5.70 Å². The number of rotatable bonds is 3. The second-order valence-corrected chi connectivity index (χ2v) is 4.42. The standard InChI is InChI=1S/C14H20N2O/c1-7-10(4)12-8-13(11(5)17)16(6)14(15-12)9(2)3/h8H,4,7H2,1-3,5-6H3. The van der Waals surface area contributed by atoms with Crippen LogP contribution in [0.25, 0.3) is 0 Å². The van der Waals surface area contributed by atoms with Crippen molar-refractivity contribution >= 4 is 11.5 Å². The van der Waals surface area contributed by atoms with Crippen molar-refractivity contribution in [2.75, 3.05) is 7.05 Å². The van der Waals surface area contributed by atoms with Gasteiger partial charge in [0, 0.05) is 14.0 Å². The smallest absolute Gasteiger partial charge is 0.176 e. The Morgan fingerprint density at radius 3 is 2.41 bits per heavy atom. The lowest BCUT2D eigenvalue weighted by atomic mass is 10.1. The lowest BCUT2D eigenvalue weighted by Crippen LogP contribution is -2.27. The molecule has 0 aliphatic carbocycles. The van der Waals surface area contributed by atoms with Crippen LogP contribution in [-0.2, 0) is 4.79 Å². The Kier molecular flexibility index (Phi) is 4.05. The first-order valence-corrected chi connectivity index (χ1v) is 5.79. The molecule has 92 valence electrons. The molecular formula is C14H20N2O. The number of likely N-dealkylation sites (N-methyl/N-ethyl adjacent to an activating group) is 1. The van der Waals surface area contributed by atoms with E-state index in [2.05, 4.69) is 11.6 Å². The van der Waals surface area contributed by atoms with Crippen LogP contribution >= 0.6 is 0 Å². The molecule has 1 aliphatic heterocycles. The van der Waals surface area contributed by atoms with Gasteiger partial charge in [0.05, 0.1) is 11.4 Å². The van der Waals surface area contributed by atoms with E-state index in [1.807, 2.05) is 38.8 Å². The van der Waals surface area contributed by atoms with E-state index in [1.165, 1.54) is 0 Å². The number of hydrogen-bond acceptors (Lipinski definition) is 3. The SMILES string of the molecule is C=C(CC)C1=NC(=C(C)C)N(C)C(C(C)=O)=C1. The number of carbonyl (C=O) groups excluding carboxylic acids is 1. The van der Waals surface area contributed by atoms with Crippen molar-refractivity contribution in [2.24, 2.45) is 4.99 Å². The largest absolute Gasteiger partial charge is 0.326 e. The molecule has 0 bridgehead atoms. The molecule has 0 N–H and O–H groups in total. The highest BCUT2D eigenvalue weighted by atomic mass is 16.1. The van der Waals surface area contributed by atoms with Crippen LogP contribution in [-0.4, -0.2) is 23.4 Å². The Morgan fingerprint density at radius 2 is 2.00 bits per heavy atom. The van der Waals surface area contributed by atoms with Gasteiger partial charge in [0.15, 0.2) is 5.78 Å². The molecule has 0 aromatic rings. The first kappa shape index (κ1) is 13.4. The second-order valence-electron chi connectivity index (χ2n) is 4.42. The third-order valence-corrected chi connectivity index (χ3v) is 2.78. The molecule has 0 amide bonds. The van der Waals surface area contributed by atoms with Crippen molar-refractivity contribution < 1.29 is 4.79 Å². The van der Waals surface area contributed by atoms with E-state index in [-0.39, 0.29) is 5.78 Å². The van der Waals surface area contributed by atoms with E-state index >= 15 is 0 Å². The van der Waals surface area contributed by atoms with Crippen LogP contribution < -0.4 is 0 Å². The minimum Gasteiger partial charge on any atom is -0.326 e. The summed E-state index contributed by atoms with van der Waals surface area (Å²) in [5, 5.41) is 0. The quantitative estimate of drug-likeness (QED) is 0.749. The summed E-state index contributed by atoms with van der Waals surface area (Å²) in [7, 11) is 1.87. The molecule has 0 atom stereocenters. The summed E-state index contributed by atoms with van der Waals surface area (Å²) < 4.78 is 0. The van der Waals surface area contributed by atoms with Crippen LogP contribution in [0.1, 0.15) is 34.1 Å². The van der Waals surface area contributed by atoms with Crippen LogP contribution in [0.4, 0.5) is 0 Å². The van der Waals surface area contributed by atoms with Crippen molar-refractivity contribution in [3.63, 3.8) is 0 Å². The summed E-state index contributed by atoms with van der Waals surface area (Å²) in [5.74, 6) is 0.879. The summed E-state index contributed by atoms with van der Waals surface area (Å²) in [4.78, 5) is 18.0. The molecule has 0 saturated carbocycles. The fourth-order valence-corrected chi connectivity index (χ4v) is 1.71.